The van der Waals surface area contributed by atoms with Gasteiger partial charge in [0.1, 0.15) is 5.82 Å². The fraction of sp³-hybridized carbons (Fsp3) is 0.188. The molecule has 2 nitrogen and oxygen atoms in total. The molecule has 0 saturated carbocycles. The first kappa shape index (κ1) is 14.7. The Morgan fingerprint density at radius 2 is 1.80 bits per heavy atom. The predicted molar refractivity (Wildman–Crippen MR) is 82.2 cm³/mol. The molecule has 0 aliphatic carbocycles. The van der Waals surface area contributed by atoms with Crippen molar-refractivity contribution in [2.45, 2.75) is 19.3 Å². The normalized spacial score (nSPS) is 11.2. The van der Waals surface area contributed by atoms with Crippen LogP contribution in [0.5, 0.6) is 0 Å². The van der Waals surface area contributed by atoms with Crippen LogP contribution in [0.1, 0.15) is 19.4 Å². The molecule has 0 aliphatic rings. The van der Waals surface area contributed by atoms with E-state index in [2.05, 4.69) is 21.2 Å². The van der Waals surface area contributed by atoms with Crippen LogP contribution in [0.3, 0.4) is 0 Å². The Kier molecular flexibility index (Phi) is 4.23. The van der Waals surface area contributed by atoms with Gasteiger partial charge < -0.3 is 5.32 Å². The molecule has 4 heteroatoms. The lowest BCUT2D eigenvalue weighted by Crippen LogP contribution is -2.34. The molecule has 0 aliphatic heterocycles. The molecule has 0 aromatic heterocycles. The second-order valence-electron chi connectivity index (χ2n) is 5.07. The van der Waals surface area contributed by atoms with Crippen LogP contribution in [-0.2, 0) is 10.2 Å². The van der Waals surface area contributed by atoms with E-state index in [9.17, 15) is 9.18 Å². The van der Waals surface area contributed by atoms with Gasteiger partial charge in [-0.3, -0.25) is 4.79 Å². The average Bonchev–Trinajstić information content (AvgIpc) is 2.43. The van der Waals surface area contributed by atoms with Crippen LogP contribution < -0.4 is 5.32 Å². The molecule has 0 radical (unpaired) electrons. The first-order chi connectivity index (χ1) is 9.41. The van der Waals surface area contributed by atoms with Gasteiger partial charge in [0, 0.05) is 4.47 Å². The zero-order valence-corrected chi connectivity index (χ0v) is 12.9. The minimum atomic E-state index is -0.701. The van der Waals surface area contributed by atoms with Gasteiger partial charge in [0.15, 0.2) is 0 Å². The maximum absolute atomic E-state index is 13.2. The van der Waals surface area contributed by atoms with E-state index >= 15 is 0 Å². The SMILES string of the molecule is CC(C)(C(=O)Nc1cc(F)ccc1Br)c1ccccc1. The van der Waals surface area contributed by atoms with Crippen LogP contribution >= 0.6 is 15.9 Å². The van der Waals surface area contributed by atoms with Crippen LogP contribution in [0.2, 0.25) is 0 Å². The molecule has 0 spiro atoms. The Labute approximate surface area is 126 Å². The fourth-order valence-electron chi connectivity index (χ4n) is 1.86. The maximum Gasteiger partial charge on any atom is 0.234 e. The lowest BCUT2D eigenvalue weighted by atomic mass is 9.83. The number of anilines is 1. The van der Waals surface area contributed by atoms with Gasteiger partial charge in [-0.25, -0.2) is 4.39 Å². The number of benzene rings is 2. The third-order valence-electron chi connectivity index (χ3n) is 3.24. The highest BCUT2D eigenvalue weighted by molar-refractivity contribution is 9.10. The van der Waals surface area contributed by atoms with Gasteiger partial charge in [0.2, 0.25) is 5.91 Å². The van der Waals surface area contributed by atoms with E-state index in [4.69, 9.17) is 0 Å². The molecule has 2 aromatic rings. The first-order valence-electron chi connectivity index (χ1n) is 6.23. The summed E-state index contributed by atoms with van der Waals surface area (Å²) in [7, 11) is 0. The smallest absolute Gasteiger partial charge is 0.234 e. The van der Waals surface area contributed by atoms with Crippen molar-refractivity contribution in [3.63, 3.8) is 0 Å². The van der Waals surface area contributed by atoms with Gasteiger partial charge in [-0.2, -0.15) is 0 Å². The molecular formula is C16H15BrFNO. The van der Waals surface area contributed by atoms with Crippen LogP contribution in [0, 0.1) is 5.82 Å². The Bertz CT molecular complexity index is 626. The summed E-state index contributed by atoms with van der Waals surface area (Å²) in [6, 6.07) is 13.7. The molecule has 1 N–H and O–H groups in total. The molecule has 1 amide bonds. The molecule has 2 rings (SSSR count). The highest BCUT2D eigenvalue weighted by atomic mass is 79.9. The fourth-order valence-corrected chi connectivity index (χ4v) is 2.20. The average molecular weight is 336 g/mol. The third kappa shape index (κ3) is 3.07. The topological polar surface area (TPSA) is 29.1 Å². The van der Waals surface area contributed by atoms with E-state index in [1.54, 1.807) is 6.07 Å². The van der Waals surface area contributed by atoms with Crippen LogP contribution in [0.4, 0.5) is 10.1 Å². The highest BCUT2D eigenvalue weighted by Gasteiger charge is 2.29. The Morgan fingerprint density at radius 3 is 2.45 bits per heavy atom. The van der Waals surface area contributed by atoms with Crippen LogP contribution in [-0.4, -0.2) is 5.91 Å². The van der Waals surface area contributed by atoms with Gasteiger partial charge in [0.25, 0.3) is 0 Å². The zero-order valence-electron chi connectivity index (χ0n) is 11.3. The number of carbonyl (C=O) groups is 1. The van der Waals surface area contributed by atoms with Gasteiger partial charge in [-0.05, 0) is 53.5 Å². The van der Waals surface area contributed by atoms with Gasteiger partial charge >= 0.3 is 0 Å². The number of halogens is 2. The summed E-state index contributed by atoms with van der Waals surface area (Å²) in [6.07, 6.45) is 0. The quantitative estimate of drug-likeness (QED) is 0.878. The lowest BCUT2D eigenvalue weighted by Gasteiger charge is -2.24. The molecule has 104 valence electrons. The standard InChI is InChI=1S/C16H15BrFNO/c1-16(2,11-6-4-3-5-7-11)15(20)19-14-10-12(18)8-9-13(14)17/h3-10H,1-2H3,(H,19,20). The summed E-state index contributed by atoms with van der Waals surface area (Å²) in [4.78, 5) is 12.4. The maximum atomic E-state index is 13.2. The molecule has 0 saturated heterocycles. The van der Waals surface area contributed by atoms with Crippen LogP contribution in [0.25, 0.3) is 0 Å². The lowest BCUT2D eigenvalue weighted by molar-refractivity contribution is -0.120. The molecule has 0 fully saturated rings. The summed E-state index contributed by atoms with van der Waals surface area (Å²) in [5.74, 6) is -0.573. The van der Waals surface area contributed by atoms with Crippen LogP contribution in [0.15, 0.2) is 53.0 Å². The third-order valence-corrected chi connectivity index (χ3v) is 3.93. The number of hydrogen-bond acceptors (Lipinski definition) is 1. The molecule has 0 heterocycles. The minimum Gasteiger partial charge on any atom is -0.324 e. The second-order valence-corrected chi connectivity index (χ2v) is 5.92. The summed E-state index contributed by atoms with van der Waals surface area (Å²) >= 11 is 3.30. The summed E-state index contributed by atoms with van der Waals surface area (Å²) in [6.45, 7) is 3.68. The zero-order chi connectivity index (χ0) is 14.8. The molecule has 20 heavy (non-hydrogen) atoms. The van der Waals surface area contributed by atoms with Gasteiger partial charge in [0.05, 0.1) is 11.1 Å². The van der Waals surface area contributed by atoms with Crippen molar-refractivity contribution in [1.82, 2.24) is 0 Å². The first-order valence-corrected chi connectivity index (χ1v) is 7.02. The van der Waals surface area contributed by atoms with Crippen molar-refractivity contribution >= 4 is 27.5 Å². The number of rotatable bonds is 3. The number of nitrogens with one attached hydrogen (secondary N) is 1. The van der Waals surface area contributed by atoms with Crippen molar-refractivity contribution in [2.75, 3.05) is 5.32 Å². The Morgan fingerprint density at radius 1 is 1.15 bits per heavy atom. The Hall–Kier alpha value is -1.68. The summed E-state index contributed by atoms with van der Waals surface area (Å²) < 4.78 is 13.9. The van der Waals surface area contributed by atoms with E-state index in [1.165, 1.54) is 12.1 Å². The summed E-state index contributed by atoms with van der Waals surface area (Å²) in [5.41, 5.74) is 0.636. The number of carbonyl (C=O) groups excluding carboxylic acids is 1. The van der Waals surface area contributed by atoms with Crippen molar-refractivity contribution in [2.24, 2.45) is 0 Å². The van der Waals surface area contributed by atoms with Crippen molar-refractivity contribution in [3.8, 4) is 0 Å². The molecule has 2 aromatic carbocycles. The molecular weight excluding hydrogens is 321 g/mol. The monoisotopic (exact) mass is 335 g/mol. The van der Waals surface area contributed by atoms with E-state index in [-0.39, 0.29) is 11.7 Å². The number of amides is 1. The summed E-state index contributed by atoms with van der Waals surface area (Å²) in [5, 5.41) is 2.76. The van der Waals surface area contributed by atoms with E-state index in [0.717, 1.165) is 5.56 Å². The molecule has 0 unspecified atom stereocenters. The van der Waals surface area contributed by atoms with Crippen molar-refractivity contribution in [1.29, 1.82) is 0 Å². The van der Waals surface area contributed by atoms with E-state index in [1.807, 2.05) is 44.2 Å². The highest BCUT2D eigenvalue weighted by Crippen LogP contribution is 2.28. The van der Waals surface area contributed by atoms with Gasteiger partial charge in [-0.1, -0.05) is 30.3 Å². The Balaban J connectivity index is 2.26. The van der Waals surface area contributed by atoms with E-state index in [0.29, 0.717) is 10.2 Å². The molecule has 0 bridgehead atoms. The minimum absolute atomic E-state index is 0.185. The largest absolute Gasteiger partial charge is 0.324 e. The number of hydrogen-bond donors (Lipinski definition) is 1. The predicted octanol–water partition coefficient (Wildman–Crippen LogP) is 4.50. The van der Waals surface area contributed by atoms with Crippen molar-refractivity contribution < 1.29 is 9.18 Å². The van der Waals surface area contributed by atoms with Gasteiger partial charge in [-0.15, -0.1) is 0 Å². The second kappa shape index (κ2) is 5.75. The van der Waals surface area contributed by atoms with Crippen molar-refractivity contribution in [3.05, 3.63) is 64.4 Å². The van der Waals surface area contributed by atoms with E-state index < -0.39 is 5.41 Å². The molecule has 0 atom stereocenters.